The van der Waals surface area contributed by atoms with E-state index < -0.39 is 0 Å². The maximum Gasteiger partial charge on any atom is 0.260 e. The molecule has 0 unspecified atom stereocenters. The van der Waals surface area contributed by atoms with E-state index in [-0.39, 0.29) is 5.91 Å². The highest BCUT2D eigenvalue weighted by Gasteiger charge is 2.21. The molecule has 0 aliphatic rings. The SMILES string of the molecule is CCN(CC)c1ccc(C(=O)N(CCCN(C)C)c2nc3c(C)cccc3s2)cc1. The van der Waals surface area contributed by atoms with Crippen molar-refractivity contribution in [2.75, 3.05) is 50.1 Å². The van der Waals surface area contributed by atoms with E-state index in [1.165, 1.54) is 0 Å². The van der Waals surface area contributed by atoms with Crippen molar-refractivity contribution >= 4 is 38.3 Å². The van der Waals surface area contributed by atoms with Gasteiger partial charge in [-0.15, -0.1) is 0 Å². The third kappa shape index (κ3) is 4.99. The van der Waals surface area contributed by atoms with Gasteiger partial charge in [-0.05, 0) is 83.7 Å². The van der Waals surface area contributed by atoms with Crippen LogP contribution in [0.1, 0.15) is 36.2 Å². The number of amides is 1. The molecule has 0 saturated carbocycles. The first-order chi connectivity index (χ1) is 14.4. The first-order valence-electron chi connectivity index (χ1n) is 10.6. The number of carbonyl (C=O) groups is 1. The van der Waals surface area contributed by atoms with E-state index in [0.29, 0.717) is 12.1 Å². The minimum absolute atomic E-state index is 0.0107. The van der Waals surface area contributed by atoms with Crippen LogP contribution in [0, 0.1) is 6.92 Å². The summed E-state index contributed by atoms with van der Waals surface area (Å²) in [5.41, 5.74) is 3.97. The molecular weight excluding hydrogens is 392 g/mol. The number of nitrogens with zero attached hydrogens (tertiary/aromatic N) is 4. The molecule has 2 aromatic carbocycles. The van der Waals surface area contributed by atoms with Crippen molar-refractivity contribution in [1.29, 1.82) is 0 Å². The van der Waals surface area contributed by atoms with Crippen LogP contribution >= 0.6 is 11.3 Å². The second kappa shape index (κ2) is 10.0. The quantitative estimate of drug-likeness (QED) is 0.482. The molecule has 160 valence electrons. The van der Waals surface area contributed by atoms with Crippen LogP contribution in [0.4, 0.5) is 10.8 Å². The number of anilines is 2. The van der Waals surface area contributed by atoms with Crippen LogP contribution in [-0.4, -0.2) is 56.1 Å². The molecule has 0 atom stereocenters. The van der Waals surface area contributed by atoms with Crippen LogP contribution in [0.5, 0.6) is 0 Å². The molecule has 0 N–H and O–H groups in total. The smallest absolute Gasteiger partial charge is 0.260 e. The molecule has 30 heavy (non-hydrogen) atoms. The van der Waals surface area contributed by atoms with Crippen LogP contribution in [0.3, 0.4) is 0 Å². The molecule has 3 aromatic rings. The largest absolute Gasteiger partial charge is 0.372 e. The van der Waals surface area contributed by atoms with E-state index in [1.54, 1.807) is 11.3 Å². The number of thiazole rings is 1. The number of hydrogen-bond donors (Lipinski definition) is 0. The van der Waals surface area contributed by atoms with Crippen molar-refractivity contribution in [3.05, 3.63) is 53.6 Å². The van der Waals surface area contributed by atoms with E-state index in [0.717, 1.165) is 52.7 Å². The number of fused-ring (bicyclic) bond motifs is 1. The summed E-state index contributed by atoms with van der Waals surface area (Å²) < 4.78 is 1.12. The van der Waals surface area contributed by atoms with Crippen molar-refractivity contribution in [3.63, 3.8) is 0 Å². The van der Waals surface area contributed by atoms with Crippen molar-refractivity contribution in [2.45, 2.75) is 27.2 Å². The minimum atomic E-state index is 0.0107. The Labute approximate surface area is 183 Å². The molecular formula is C24H32N4OS. The van der Waals surface area contributed by atoms with Crippen molar-refractivity contribution in [3.8, 4) is 0 Å². The van der Waals surface area contributed by atoms with Crippen molar-refractivity contribution in [2.24, 2.45) is 0 Å². The number of para-hydroxylation sites is 1. The van der Waals surface area contributed by atoms with Gasteiger partial charge in [0, 0.05) is 30.9 Å². The van der Waals surface area contributed by atoms with Gasteiger partial charge in [0.25, 0.3) is 5.91 Å². The normalized spacial score (nSPS) is 11.3. The lowest BCUT2D eigenvalue weighted by molar-refractivity contribution is 0.0986. The zero-order chi connectivity index (χ0) is 21.7. The fourth-order valence-electron chi connectivity index (χ4n) is 3.58. The molecule has 3 rings (SSSR count). The predicted molar refractivity (Wildman–Crippen MR) is 129 cm³/mol. The van der Waals surface area contributed by atoms with Gasteiger partial charge in [0.1, 0.15) is 0 Å². The average Bonchev–Trinajstić information content (AvgIpc) is 3.17. The van der Waals surface area contributed by atoms with Crippen LogP contribution in [0.2, 0.25) is 0 Å². The summed E-state index contributed by atoms with van der Waals surface area (Å²) in [4.78, 5) is 24.6. The van der Waals surface area contributed by atoms with Crippen LogP contribution < -0.4 is 9.80 Å². The van der Waals surface area contributed by atoms with Crippen LogP contribution in [0.15, 0.2) is 42.5 Å². The summed E-state index contributed by atoms with van der Waals surface area (Å²) in [6.45, 7) is 9.82. The van der Waals surface area contributed by atoms with Gasteiger partial charge >= 0.3 is 0 Å². The topological polar surface area (TPSA) is 39.7 Å². The zero-order valence-electron chi connectivity index (χ0n) is 18.7. The number of hydrogen-bond acceptors (Lipinski definition) is 5. The molecule has 1 aromatic heterocycles. The summed E-state index contributed by atoms with van der Waals surface area (Å²) in [6.07, 6.45) is 0.894. The lowest BCUT2D eigenvalue weighted by Crippen LogP contribution is -2.33. The van der Waals surface area contributed by atoms with Gasteiger partial charge < -0.3 is 9.80 Å². The maximum atomic E-state index is 13.5. The second-order valence-electron chi connectivity index (χ2n) is 7.75. The number of rotatable bonds is 9. The fourth-order valence-corrected chi connectivity index (χ4v) is 4.65. The van der Waals surface area contributed by atoms with Crippen LogP contribution in [0.25, 0.3) is 10.2 Å². The zero-order valence-corrected chi connectivity index (χ0v) is 19.5. The van der Waals surface area contributed by atoms with Gasteiger partial charge in [-0.3, -0.25) is 9.69 Å². The van der Waals surface area contributed by atoms with E-state index in [9.17, 15) is 4.79 Å². The molecule has 0 aliphatic heterocycles. The first-order valence-corrected chi connectivity index (χ1v) is 11.4. The standard InChI is InChI=1S/C24H32N4OS/c1-6-27(7-2)20-14-12-19(13-15-20)23(29)28(17-9-16-26(4)5)24-25-22-18(3)10-8-11-21(22)30-24/h8,10-15H,6-7,9,16-17H2,1-5H3. The van der Waals surface area contributed by atoms with Gasteiger partial charge in [-0.2, -0.15) is 0 Å². The van der Waals surface area contributed by atoms with Gasteiger partial charge in [0.15, 0.2) is 5.13 Å². The average molecular weight is 425 g/mol. The highest BCUT2D eigenvalue weighted by Crippen LogP contribution is 2.31. The Hall–Kier alpha value is -2.44. The van der Waals surface area contributed by atoms with E-state index in [4.69, 9.17) is 4.98 Å². The van der Waals surface area contributed by atoms with E-state index >= 15 is 0 Å². The van der Waals surface area contributed by atoms with E-state index in [1.807, 2.05) is 35.2 Å². The molecule has 1 heterocycles. The third-order valence-corrected chi connectivity index (χ3v) is 6.36. The highest BCUT2D eigenvalue weighted by molar-refractivity contribution is 7.22. The second-order valence-corrected chi connectivity index (χ2v) is 8.76. The lowest BCUT2D eigenvalue weighted by Gasteiger charge is -2.23. The van der Waals surface area contributed by atoms with E-state index in [2.05, 4.69) is 56.8 Å². The molecule has 0 radical (unpaired) electrons. The fraction of sp³-hybridized carbons (Fsp3) is 0.417. The highest BCUT2D eigenvalue weighted by atomic mass is 32.1. The van der Waals surface area contributed by atoms with Crippen molar-refractivity contribution in [1.82, 2.24) is 9.88 Å². The van der Waals surface area contributed by atoms with Crippen LogP contribution in [-0.2, 0) is 0 Å². The molecule has 5 nitrogen and oxygen atoms in total. The Kier molecular flexibility index (Phi) is 7.45. The first kappa shape index (κ1) is 22.2. The predicted octanol–water partition coefficient (Wildman–Crippen LogP) is 5.05. The van der Waals surface area contributed by atoms with Gasteiger partial charge in [0.2, 0.25) is 0 Å². The molecule has 0 saturated heterocycles. The molecule has 0 bridgehead atoms. The Morgan fingerprint density at radius 3 is 2.30 bits per heavy atom. The van der Waals surface area contributed by atoms with Crippen molar-refractivity contribution < 1.29 is 4.79 Å². The summed E-state index contributed by atoms with van der Waals surface area (Å²) in [5, 5.41) is 0.774. The maximum absolute atomic E-state index is 13.5. The lowest BCUT2D eigenvalue weighted by atomic mass is 10.1. The monoisotopic (exact) mass is 424 g/mol. The van der Waals surface area contributed by atoms with Gasteiger partial charge in [0.05, 0.1) is 10.2 Å². The third-order valence-electron chi connectivity index (χ3n) is 5.32. The Morgan fingerprint density at radius 2 is 1.70 bits per heavy atom. The summed E-state index contributed by atoms with van der Waals surface area (Å²) in [5.74, 6) is 0.0107. The Morgan fingerprint density at radius 1 is 1.00 bits per heavy atom. The molecule has 0 spiro atoms. The summed E-state index contributed by atoms with van der Waals surface area (Å²) in [6, 6.07) is 14.1. The molecule has 0 aliphatic carbocycles. The minimum Gasteiger partial charge on any atom is -0.372 e. The Balaban J connectivity index is 1.90. The number of aryl methyl sites for hydroxylation is 1. The summed E-state index contributed by atoms with van der Waals surface area (Å²) >= 11 is 1.59. The number of benzene rings is 2. The summed E-state index contributed by atoms with van der Waals surface area (Å²) in [7, 11) is 4.11. The van der Waals surface area contributed by atoms with Gasteiger partial charge in [-0.1, -0.05) is 23.5 Å². The van der Waals surface area contributed by atoms with Gasteiger partial charge in [-0.25, -0.2) is 4.98 Å². The number of aromatic nitrogens is 1. The Bertz CT molecular complexity index is 977. The number of carbonyl (C=O) groups excluding carboxylic acids is 1. The molecule has 1 amide bonds. The molecule has 0 fully saturated rings. The molecule has 6 heteroatoms.